The second-order valence-electron chi connectivity index (χ2n) is 8.94. The predicted octanol–water partition coefficient (Wildman–Crippen LogP) is 6.04. The van der Waals surface area contributed by atoms with E-state index in [1.807, 2.05) is 0 Å². The maximum absolute atomic E-state index is 9.89. The van der Waals surface area contributed by atoms with Crippen LogP contribution in [0.1, 0.15) is 117 Å². The fourth-order valence-electron chi connectivity index (χ4n) is 3.55. The van der Waals surface area contributed by atoms with E-state index in [4.69, 9.17) is 14.2 Å². The summed E-state index contributed by atoms with van der Waals surface area (Å²) in [6.45, 7) is 6.84. The molecule has 0 fully saturated rings. The molecule has 0 aliphatic rings. The summed E-state index contributed by atoms with van der Waals surface area (Å²) in [7, 11) is 0. The molecular weight excluding hydrogens is 392 g/mol. The lowest BCUT2D eigenvalue weighted by molar-refractivity contribution is -0.0566. The lowest BCUT2D eigenvalue weighted by Gasteiger charge is -2.15. The van der Waals surface area contributed by atoms with E-state index >= 15 is 0 Å². The molecule has 5 nitrogen and oxygen atoms in total. The van der Waals surface area contributed by atoms with Crippen molar-refractivity contribution in [3.8, 4) is 0 Å². The third-order valence-electron chi connectivity index (χ3n) is 5.53. The number of hydrogen-bond acceptors (Lipinski definition) is 5. The Bertz CT molecular complexity index is 297. The van der Waals surface area contributed by atoms with Crippen molar-refractivity contribution >= 4 is 0 Å². The van der Waals surface area contributed by atoms with Crippen molar-refractivity contribution in [1.82, 2.24) is 0 Å². The molecule has 2 N–H and O–H groups in total. The van der Waals surface area contributed by atoms with Gasteiger partial charge in [-0.05, 0) is 12.8 Å². The van der Waals surface area contributed by atoms with Crippen molar-refractivity contribution in [1.29, 1.82) is 0 Å². The van der Waals surface area contributed by atoms with Crippen LogP contribution in [0.4, 0.5) is 0 Å². The Morgan fingerprint density at radius 3 is 1.06 bits per heavy atom. The van der Waals surface area contributed by atoms with E-state index in [2.05, 4.69) is 13.8 Å². The molecule has 188 valence electrons. The van der Waals surface area contributed by atoms with Crippen LogP contribution in [0.15, 0.2) is 0 Å². The van der Waals surface area contributed by atoms with Gasteiger partial charge in [0.25, 0.3) is 0 Å². The molecule has 0 spiro atoms. The molecular formula is C26H54O5. The Labute approximate surface area is 193 Å². The Morgan fingerprint density at radius 2 is 0.710 bits per heavy atom. The average Bonchev–Trinajstić information content (AvgIpc) is 2.76. The van der Waals surface area contributed by atoms with Gasteiger partial charge in [0.05, 0.1) is 26.4 Å². The van der Waals surface area contributed by atoms with Crippen LogP contribution in [0.5, 0.6) is 0 Å². The normalized spacial score (nSPS) is 13.5. The Morgan fingerprint density at radius 1 is 0.419 bits per heavy atom. The summed E-state index contributed by atoms with van der Waals surface area (Å²) in [5, 5.41) is 19.8. The highest BCUT2D eigenvalue weighted by atomic mass is 16.5. The third-order valence-corrected chi connectivity index (χ3v) is 5.53. The Kier molecular flexibility index (Phi) is 25.9. The zero-order valence-corrected chi connectivity index (χ0v) is 20.8. The zero-order valence-electron chi connectivity index (χ0n) is 20.8. The summed E-state index contributed by atoms with van der Waals surface area (Å²) in [4.78, 5) is 0. The summed E-state index contributed by atoms with van der Waals surface area (Å²) in [5.74, 6) is 0. The minimum absolute atomic E-state index is 0.187. The van der Waals surface area contributed by atoms with Gasteiger partial charge in [-0.2, -0.15) is 0 Å². The van der Waals surface area contributed by atoms with E-state index in [0.717, 1.165) is 12.8 Å². The van der Waals surface area contributed by atoms with Crippen molar-refractivity contribution in [2.45, 2.75) is 129 Å². The molecule has 0 saturated heterocycles. The van der Waals surface area contributed by atoms with Gasteiger partial charge in [-0.15, -0.1) is 0 Å². The quantitative estimate of drug-likeness (QED) is 0.159. The lowest BCUT2D eigenvalue weighted by atomic mass is 10.1. The minimum Gasteiger partial charge on any atom is -0.388 e. The van der Waals surface area contributed by atoms with Crippen LogP contribution in [0, 0.1) is 0 Å². The molecule has 0 aromatic rings. The largest absolute Gasteiger partial charge is 0.388 e. The molecule has 2 atom stereocenters. The van der Waals surface area contributed by atoms with Gasteiger partial charge in [0.15, 0.2) is 0 Å². The van der Waals surface area contributed by atoms with Crippen molar-refractivity contribution < 1.29 is 24.4 Å². The van der Waals surface area contributed by atoms with E-state index in [9.17, 15) is 10.2 Å². The first-order valence-electron chi connectivity index (χ1n) is 13.3. The molecule has 0 heterocycles. The predicted molar refractivity (Wildman–Crippen MR) is 130 cm³/mol. The van der Waals surface area contributed by atoms with Gasteiger partial charge in [-0.1, -0.05) is 104 Å². The highest BCUT2D eigenvalue weighted by molar-refractivity contribution is 4.56. The topological polar surface area (TPSA) is 68.2 Å². The van der Waals surface area contributed by atoms with Gasteiger partial charge < -0.3 is 24.4 Å². The van der Waals surface area contributed by atoms with Gasteiger partial charge in [0.2, 0.25) is 0 Å². The molecule has 0 aliphatic carbocycles. The fourth-order valence-corrected chi connectivity index (χ4v) is 3.55. The van der Waals surface area contributed by atoms with Crippen LogP contribution in [0.2, 0.25) is 0 Å². The molecule has 5 heteroatoms. The second kappa shape index (κ2) is 26.1. The molecule has 0 rings (SSSR count). The van der Waals surface area contributed by atoms with Gasteiger partial charge in [0, 0.05) is 13.2 Å². The van der Waals surface area contributed by atoms with E-state index in [1.54, 1.807) is 0 Å². The van der Waals surface area contributed by atoms with Crippen LogP contribution in [-0.4, -0.2) is 62.1 Å². The van der Waals surface area contributed by atoms with Gasteiger partial charge in [0.1, 0.15) is 12.2 Å². The molecule has 0 aromatic carbocycles. The molecule has 0 radical (unpaired) electrons. The van der Waals surface area contributed by atoms with Crippen LogP contribution in [0.3, 0.4) is 0 Å². The SMILES string of the molecule is CCCCCCCCCCOCC(O)COCC(O)COCCCCCCCCCC. The molecule has 0 bridgehead atoms. The van der Waals surface area contributed by atoms with Crippen LogP contribution in [0.25, 0.3) is 0 Å². The molecule has 0 amide bonds. The summed E-state index contributed by atoms with van der Waals surface area (Å²) >= 11 is 0. The molecule has 0 saturated carbocycles. The smallest absolute Gasteiger partial charge is 0.101 e. The third kappa shape index (κ3) is 25.9. The minimum atomic E-state index is -0.639. The van der Waals surface area contributed by atoms with Gasteiger partial charge in [-0.3, -0.25) is 0 Å². The monoisotopic (exact) mass is 446 g/mol. The summed E-state index contributed by atoms with van der Waals surface area (Å²) < 4.78 is 16.4. The van der Waals surface area contributed by atoms with E-state index in [0.29, 0.717) is 26.4 Å². The first-order chi connectivity index (χ1) is 15.2. The first kappa shape index (κ1) is 30.8. The lowest BCUT2D eigenvalue weighted by Crippen LogP contribution is -2.27. The van der Waals surface area contributed by atoms with Crippen molar-refractivity contribution in [3.05, 3.63) is 0 Å². The van der Waals surface area contributed by atoms with E-state index < -0.39 is 12.2 Å². The highest BCUT2D eigenvalue weighted by Gasteiger charge is 2.08. The summed E-state index contributed by atoms with van der Waals surface area (Å²) in [5.41, 5.74) is 0. The molecule has 0 aliphatic heterocycles. The van der Waals surface area contributed by atoms with Crippen LogP contribution in [-0.2, 0) is 14.2 Å². The number of aliphatic hydroxyl groups is 2. The summed E-state index contributed by atoms with van der Waals surface area (Å²) in [6, 6.07) is 0. The highest BCUT2D eigenvalue weighted by Crippen LogP contribution is 2.09. The van der Waals surface area contributed by atoms with Gasteiger partial charge >= 0.3 is 0 Å². The van der Waals surface area contributed by atoms with E-state index in [1.165, 1.54) is 89.9 Å². The van der Waals surface area contributed by atoms with Crippen molar-refractivity contribution in [2.24, 2.45) is 0 Å². The molecule has 0 aromatic heterocycles. The molecule has 31 heavy (non-hydrogen) atoms. The fraction of sp³-hybridized carbons (Fsp3) is 1.00. The van der Waals surface area contributed by atoms with Crippen molar-refractivity contribution in [3.63, 3.8) is 0 Å². The van der Waals surface area contributed by atoms with Crippen molar-refractivity contribution in [2.75, 3.05) is 39.6 Å². The number of aliphatic hydroxyl groups excluding tert-OH is 2. The Hall–Kier alpha value is -0.200. The maximum Gasteiger partial charge on any atom is 0.101 e. The Balaban J connectivity index is 3.28. The number of hydrogen-bond donors (Lipinski definition) is 2. The van der Waals surface area contributed by atoms with Gasteiger partial charge in [-0.25, -0.2) is 0 Å². The zero-order chi connectivity index (χ0) is 22.8. The standard InChI is InChI=1S/C26H54O5/c1-3-5-7-9-11-13-15-17-19-29-21-25(27)23-31-24-26(28)22-30-20-18-16-14-12-10-8-6-4-2/h25-28H,3-24H2,1-2H3. The molecule has 2 unspecified atom stereocenters. The first-order valence-corrected chi connectivity index (χ1v) is 13.3. The summed E-state index contributed by atoms with van der Waals surface area (Å²) in [6.07, 6.45) is 19.1. The second-order valence-corrected chi connectivity index (χ2v) is 8.94. The average molecular weight is 447 g/mol. The number of rotatable bonds is 26. The van der Waals surface area contributed by atoms with E-state index in [-0.39, 0.29) is 13.2 Å². The number of ether oxygens (including phenoxy) is 3. The maximum atomic E-state index is 9.89. The number of unbranched alkanes of at least 4 members (excludes halogenated alkanes) is 14. The van der Waals surface area contributed by atoms with Crippen LogP contribution >= 0.6 is 0 Å². The van der Waals surface area contributed by atoms with Crippen LogP contribution < -0.4 is 0 Å².